The third kappa shape index (κ3) is 4.92. The van der Waals surface area contributed by atoms with Crippen LogP contribution in [-0.2, 0) is 20.9 Å². The fourth-order valence-electron chi connectivity index (χ4n) is 0.312. The van der Waals surface area contributed by atoms with Crippen LogP contribution >= 0.6 is 6.72 Å². The summed E-state index contributed by atoms with van der Waals surface area (Å²) in [7, 11) is 0. The predicted molar refractivity (Wildman–Crippen MR) is 40.7 cm³/mol. The Hall–Kier alpha value is 0.0900. The van der Waals surface area contributed by atoms with Gasteiger partial charge in [-0.2, -0.15) is 0 Å². The Morgan fingerprint density at radius 1 is 1.70 bits per heavy atom. The Labute approximate surface area is 65.6 Å². The highest BCUT2D eigenvalue weighted by Gasteiger charge is 1.98. The van der Waals surface area contributed by atoms with Crippen molar-refractivity contribution >= 4 is 18.5 Å². The molecule has 0 radical (unpaired) electrons. The van der Waals surface area contributed by atoms with Gasteiger partial charge in [0.05, 0.1) is 6.61 Å². The summed E-state index contributed by atoms with van der Waals surface area (Å²) in [6.45, 7) is -1.39. The molecule has 0 aromatic carbocycles. The molecule has 0 bridgehead atoms. The minimum absolute atomic E-state index is 0.0687. The quantitative estimate of drug-likeness (QED) is 0.458. The maximum Gasteiger partial charge on any atom is 0.116 e. The minimum atomic E-state index is -3.27. The second-order valence-corrected chi connectivity index (χ2v) is 4.10. The SMILES string of the molecule is C#CCOP([O-])(=S)OCC. The van der Waals surface area contributed by atoms with Crippen LogP contribution < -0.4 is 4.89 Å². The number of rotatable bonds is 4. The monoisotopic (exact) mass is 179 g/mol. The van der Waals surface area contributed by atoms with Crippen LogP contribution in [0.1, 0.15) is 6.92 Å². The van der Waals surface area contributed by atoms with Crippen molar-refractivity contribution in [1.82, 2.24) is 0 Å². The van der Waals surface area contributed by atoms with Gasteiger partial charge in [0.15, 0.2) is 0 Å². The van der Waals surface area contributed by atoms with Gasteiger partial charge in [0.2, 0.25) is 0 Å². The molecule has 0 fully saturated rings. The van der Waals surface area contributed by atoms with Gasteiger partial charge in [-0.15, -0.1) is 6.42 Å². The first-order chi connectivity index (χ1) is 4.62. The molecule has 0 spiro atoms. The molecule has 0 aliphatic rings. The Bertz CT molecular complexity index is 174. The maximum absolute atomic E-state index is 10.8. The van der Waals surface area contributed by atoms with Crippen LogP contribution in [0.2, 0.25) is 0 Å². The van der Waals surface area contributed by atoms with Crippen molar-refractivity contribution in [3.8, 4) is 12.3 Å². The molecule has 1 atom stereocenters. The van der Waals surface area contributed by atoms with Gasteiger partial charge in [-0.1, -0.05) is 17.7 Å². The fraction of sp³-hybridized carbons (Fsp3) is 0.600. The van der Waals surface area contributed by atoms with Gasteiger partial charge in [0.1, 0.15) is 13.3 Å². The molecule has 0 aliphatic heterocycles. The average molecular weight is 179 g/mol. The Balaban J connectivity index is 3.67. The highest BCUT2D eigenvalue weighted by Crippen LogP contribution is 2.37. The van der Waals surface area contributed by atoms with Crippen molar-refractivity contribution in [3.05, 3.63) is 0 Å². The lowest BCUT2D eigenvalue weighted by atomic mass is 10.8. The van der Waals surface area contributed by atoms with Crippen LogP contribution in [-0.4, -0.2) is 13.2 Å². The van der Waals surface area contributed by atoms with E-state index in [1.807, 2.05) is 0 Å². The second kappa shape index (κ2) is 4.84. The van der Waals surface area contributed by atoms with E-state index in [2.05, 4.69) is 26.8 Å². The summed E-state index contributed by atoms with van der Waals surface area (Å²) in [5.74, 6) is 2.14. The lowest BCUT2D eigenvalue weighted by molar-refractivity contribution is -0.205. The molecular formula is C5H8O3PS-. The Morgan fingerprint density at radius 2 is 2.30 bits per heavy atom. The van der Waals surface area contributed by atoms with Gasteiger partial charge < -0.3 is 13.9 Å². The van der Waals surface area contributed by atoms with E-state index in [-0.39, 0.29) is 13.2 Å². The van der Waals surface area contributed by atoms with E-state index in [1.165, 1.54) is 0 Å². The summed E-state index contributed by atoms with van der Waals surface area (Å²) < 4.78 is 9.12. The molecule has 0 saturated heterocycles. The lowest BCUT2D eigenvalue weighted by Gasteiger charge is -2.25. The van der Waals surface area contributed by atoms with Crippen LogP contribution in [0.25, 0.3) is 0 Å². The molecule has 10 heavy (non-hydrogen) atoms. The van der Waals surface area contributed by atoms with Gasteiger partial charge in [0.25, 0.3) is 0 Å². The van der Waals surface area contributed by atoms with Crippen LogP contribution in [0.4, 0.5) is 0 Å². The first-order valence-corrected chi connectivity index (χ1v) is 5.21. The highest BCUT2D eigenvalue weighted by molar-refractivity contribution is 8.06. The van der Waals surface area contributed by atoms with Gasteiger partial charge in [0, 0.05) is 0 Å². The van der Waals surface area contributed by atoms with Gasteiger partial charge >= 0.3 is 0 Å². The zero-order valence-corrected chi connectivity index (χ0v) is 7.28. The second-order valence-electron chi connectivity index (χ2n) is 1.34. The first kappa shape index (κ1) is 10.1. The van der Waals surface area contributed by atoms with Crippen molar-refractivity contribution in [1.29, 1.82) is 0 Å². The van der Waals surface area contributed by atoms with Crippen molar-refractivity contribution in [2.24, 2.45) is 0 Å². The van der Waals surface area contributed by atoms with Crippen molar-refractivity contribution in [2.45, 2.75) is 6.92 Å². The van der Waals surface area contributed by atoms with Crippen molar-refractivity contribution < 1.29 is 13.9 Å². The third-order valence-electron chi connectivity index (χ3n) is 0.593. The van der Waals surface area contributed by atoms with Crippen LogP contribution in [0, 0.1) is 12.3 Å². The maximum atomic E-state index is 10.8. The predicted octanol–water partition coefficient (Wildman–Crippen LogP) is 0.257. The topological polar surface area (TPSA) is 41.5 Å². The van der Waals surface area contributed by atoms with E-state index in [9.17, 15) is 4.89 Å². The van der Waals surface area contributed by atoms with Gasteiger partial charge in [-0.3, -0.25) is 0 Å². The smallest absolute Gasteiger partial charge is 0.116 e. The zero-order chi connectivity index (χ0) is 8.04. The Morgan fingerprint density at radius 3 is 2.70 bits per heavy atom. The van der Waals surface area contributed by atoms with E-state index in [0.29, 0.717) is 0 Å². The van der Waals surface area contributed by atoms with E-state index in [1.54, 1.807) is 6.92 Å². The van der Waals surface area contributed by atoms with Crippen LogP contribution in [0.5, 0.6) is 0 Å². The molecule has 0 rings (SSSR count). The molecule has 0 heterocycles. The molecule has 0 N–H and O–H groups in total. The molecule has 0 aromatic rings. The van der Waals surface area contributed by atoms with Gasteiger partial charge in [-0.25, -0.2) is 0 Å². The summed E-state index contributed by atoms with van der Waals surface area (Å²) in [6, 6.07) is 0. The largest absolute Gasteiger partial charge is 0.780 e. The Kier molecular flexibility index (Phi) is 4.88. The molecule has 1 unspecified atom stereocenters. The number of hydrogen-bond donors (Lipinski definition) is 0. The standard InChI is InChI=1S/C5H9O3PS/c1-3-5-8-9(6,10)7-4-2/h1H,4-5H2,2H3,(H,6,10)/p-1. The zero-order valence-electron chi connectivity index (χ0n) is 5.57. The molecule has 0 aromatic heterocycles. The summed E-state index contributed by atoms with van der Waals surface area (Å²) in [4.78, 5) is 10.8. The van der Waals surface area contributed by atoms with Crippen molar-refractivity contribution in [3.63, 3.8) is 0 Å². The lowest BCUT2D eigenvalue weighted by Crippen LogP contribution is -2.07. The molecule has 0 amide bonds. The molecular weight excluding hydrogens is 171 g/mol. The summed E-state index contributed by atoms with van der Waals surface area (Å²) >= 11 is 4.42. The van der Waals surface area contributed by atoms with E-state index in [0.717, 1.165) is 0 Å². The summed E-state index contributed by atoms with van der Waals surface area (Å²) in [5, 5.41) is 0. The summed E-state index contributed by atoms with van der Waals surface area (Å²) in [5.41, 5.74) is 0. The van der Waals surface area contributed by atoms with Crippen LogP contribution in [0.3, 0.4) is 0 Å². The molecule has 3 nitrogen and oxygen atoms in total. The highest BCUT2D eigenvalue weighted by atomic mass is 32.5. The molecule has 5 heteroatoms. The first-order valence-electron chi connectivity index (χ1n) is 2.66. The number of terminal acetylenes is 1. The van der Waals surface area contributed by atoms with Crippen molar-refractivity contribution in [2.75, 3.05) is 13.2 Å². The molecule has 58 valence electrons. The average Bonchev–Trinajstić information content (AvgIpc) is 1.84. The minimum Gasteiger partial charge on any atom is -0.780 e. The number of hydrogen-bond acceptors (Lipinski definition) is 4. The summed E-state index contributed by atoms with van der Waals surface area (Å²) in [6.07, 6.45) is 4.83. The van der Waals surface area contributed by atoms with E-state index < -0.39 is 6.72 Å². The van der Waals surface area contributed by atoms with Crippen LogP contribution in [0.15, 0.2) is 0 Å². The molecule has 0 aliphatic carbocycles. The molecule has 0 saturated carbocycles. The van der Waals surface area contributed by atoms with Gasteiger partial charge in [-0.05, 0) is 6.92 Å². The normalized spacial score (nSPS) is 15.7. The van der Waals surface area contributed by atoms with E-state index >= 15 is 0 Å². The fourth-order valence-corrected chi connectivity index (χ4v) is 1.41. The van der Waals surface area contributed by atoms with E-state index in [4.69, 9.17) is 6.42 Å². The third-order valence-corrected chi connectivity index (χ3v) is 2.25.